The standard InChI is InChI=1S/C26H28N2O6/c29-23(30)22-9-12-28(22)24(31)26(10-13-33-14-11-26)16-27-25(32)34-15-21-19-7-3-1-5-17(19)18-6-2-4-8-20(18)21/h1-8,21-22H,9-16H2,(H,27,32)(H,29,30). The average molecular weight is 465 g/mol. The van der Waals surface area contributed by atoms with Gasteiger partial charge in [-0.2, -0.15) is 0 Å². The smallest absolute Gasteiger partial charge is 0.407 e. The number of hydrogen-bond donors (Lipinski definition) is 2. The van der Waals surface area contributed by atoms with E-state index in [-0.39, 0.29) is 25.0 Å². The maximum absolute atomic E-state index is 13.3. The van der Waals surface area contributed by atoms with Crippen LogP contribution in [-0.4, -0.2) is 66.9 Å². The molecule has 2 heterocycles. The van der Waals surface area contributed by atoms with Gasteiger partial charge in [-0.3, -0.25) is 4.79 Å². The molecule has 178 valence electrons. The topological polar surface area (TPSA) is 105 Å². The Morgan fingerprint density at radius 3 is 2.21 bits per heavy atom. The fourth-order valence-corrected chi connectivity index (χ4v) is 5.31. The number of likely N-dealkylation sites (tertiary alicyclic amines) is 1. The second kappa shape index (κ2) is 9.10. The van der Waals surface area contributed by atoms with Gasteiger partial charge in [0.1, 0.15) is 12.6 Å². The molecule has 0 saturated carbocycles. The van der Waals surface area contributed by atoms with Crippen LogP contribution in [0.15, 0.2) is 48.5 Å². The number of aliphatic carboxylic acids is 1. The summed E-state index contributed by atoms with van der Waals surface area (Å²) >= 11 is 0. The summed E-state index contributed by atoms with van der Waals surface area (Å²) in [6.45, 7) is 1.49. The first kappa shape index (κ1) is 22.4. The number of carboxylic acid groups (broad SMARTS) is 1. The van der Waals surface area contributed by atoms with E-state index in [0.717, 1.165) is 22.3 Å². The number of benzene rings is 2. The molecule has 2 fully saturated rings. The monoisotopic (exact) mass is 464 g/mol. The van der Waals surface area contributed by atoms with Crippen LogP contribution in [0.4, 0.5) is 4.79 Å². The Labute approximate surface area is 197 Å². The van der Waals surface area contributed by atoms with E-state index in [1.165, 1.54) is 4.90 Å². The molecule has 2 N–H and O–H groups in total. The second-order valence-corrected chi connectivity index (χ2v) is 9.21. The molecule has 0 aromatic heterocycles. The maximum atomic E-state index is 13.3. The van der Waals surface area contributed by atoms with Crippen molar-refractivity contribution < 1.29 is 29.0 Å². The minimum absolute atomic E-state index is 0.0470. The third-order valence-electron chi connectivity index (χ3n) is 7.38. The number of nitrogens with zero attached hydrogens (tertiary/aromatic N) is 1. The Bertz CT molecular complexity index is 1060. The fraction of sp³-hybridized carbons (Fsp3) is 0.423. The van der Waals surface area contributed by atoms with E-state index >= 15 is 0 Å². The Morgan fingerprint density at radius 2 is 1.65 bits per heavy atom. The average Bonchev–Trinajstić information content (AvgIpc) is 3.14. The van der Waals surface area contributed by atoms with Gasteiger partial charge < -0.3 is 24.8 Å². The highest BCUT2D eigenvalue weighted by atomic mass is 16.5. The maximum Gasteiger partial charge on any atom is 0.407 e. The molecule has 2 saturated heterocycles. The van der Waals surface area contributed by atoms with Gasteiger partial charge in [0, 0.05) is 32.2 Å². The van der Waals surface area contributed by atoms with Crippen molar-refractivity contribution >= 4 is 18.0 Å². The number of ether oxygens (including phenoxy) is 2. The number of amides is 2. The third-order valence-corrected chi connectivity index (χ3v) is 7.38. The minimum atomic E-state index is -0.994. The zero-order valence-corrected chi connectivity index (χ0v) is 18.9. The molecule has 8 nitrogen and oxygen atoms in total. The first-order valence-corrected chi connectivity index (χ1v) is 11.7. The van der Waals surface area contributed by atoms with Gasteiger partial charge in [-0.05, 0) is 41.5 Å². The Morgan fingerprint density at radius 1 is 1.03 bits per heavy atom. The van der Waals surface area contributed by atoms with Crippen LogP contribution in [0.3, 0.4) is 0 Å². The van der Waals surface area contributed by atoms with E-state index in [1.54, 1.807) is 0 Å². The lowest BCUT2D eigenvalue weighted by molar-refractivity contribution is -0.166. The largest absolute Gasteiger partial charge is 0.480 e. The minimum Gasteiger partial charge on any atom is -0.480 e. The highest BCUT2D eigenvalue weighted by molar-refractivity contribution is 5.89. The van der Waals surface area contributed by atoms with Crippen molar-refractivity contribution in [2.45, 2.75) is 31.2 Å². The lowest BCUT2D eigenvalue weighted by Crippen LogP contribution is -2.62. The summed E-state index contributed by atoms with van der Waals surface area (Å²) in [6, 6.07) is 15.5. The summed E-state index contributed by atoms with van der Waals surface area (Å²) in [5.74, 6) is -1.27. The van der Waals surface area contributed by atoms with Gasteiger partial charge in [-0.25, -0.2) is 9.59 Å². The molecular formula is C26H28N2O6. The van der Waals surface area contributed by atoms with E-state index in [0.29, 0.717) is 39.0 Å². The molecule has 1 unspecified atom stereocenters. The van der Waals surface area contributed by atoms with Gasteiger partial charge >= 0.3 is 12.1 Å². The molecule has 0 bridgehead atoms. The van der Waals surface area contributed by atoms with Crippen molar-refractivity contribution in [2.75, 3.05) is 32.9 Å². The number of carbonyl (C=O) groups excluding carboxylic acids is 2. The first-order valence-electron chi connectivity index (χ1n) is 11.7. The van der Waals surface area contributed by atoms with Gasteiger partial charge in [0.25, 0.3) is 0 Å². The molecule has 1 atom stereocenters. The normalized spacial score (nSPS) is 20.6. The van der Waals surface area contributed by atoms with Crippen molar-refractivity contribution in [1.29, 1.82) is 0 Å². The van der Waals surface area contributed by atoms with Crippen LogP contribution in [0.25, 0.3) is 11.1 Å². The summed E-state index contributed by atoms with van der Waals surface area (Å²) in [5, 5.41) is 12.1. The number of alkyl carbamates (subject to hydrolysis) is 1. The molecule has 5 rings (SSSR count). The Kier molecular flexibility index (Phi) is 6.00. The number of fused-ring (bicyclic) bond motifs is 3. The summed E-state index contributed by atoms with van der Waals surface area (Å²) < 4.78 is 11.1. The van der Waals surface area contributed by atoms with Crippen molar-refractivity contribution in [1.82, 2.24) is 10.2 Å². The Hall–Kier alpha value is -3.39. The highest BCUT2D eigenvalue weighted by Gasteiger charge is 2.48. The summed E-state index contributed by atoms with van der Waals surface area (Å²) in [6.07, 6.45) is 0.725. The predicted molar refractivity (Wildman–Crippen MR) is 123 cm³/mol. The molecular weight excluding hydrogens is 436 g/mol. The molecule has 1 aliphatic carbocycles. The van der Waals surface area contributed by atoms with Crippen LogP contribution < -0.4 is 5.32 Å². The van der Waals surface area contributed by atoms with E-state index in [2.05, 4.69) is 29.6 Å². The lowest BCUT2D eigenvalue weighted by atomic mass is 9.77. The van der Waals surface area contributed by atoms with Gasteiger partial charge in [0.15, 0.2) is 0 Å². The molecule has 2 aromatic carbocycles. The first-order chi connectivity index (χ1) is 16.5. The summed E-state index contributed by atoms with van der Waals surface area (Å²) in [5.41, 5.74) is 3.69. The molecule has 2 aromatic rings. The number of hydrogen-bond acceptors (Lipinski definition) is 5. The number of nitrogens with one attached hydrogen (secondary N) is 1. The van der Waals surface area contributed by atoms with Gasteiger partial charge in [0.2, 0.25) is 5.91 Å². The van der Waals surface area contributed by atoms with Gasteiger partial charge in [0.05, 0.1) is 5.41 Å². The molecule has 2 aliphatic heterocycles. The molecule has 0 radical (unpaired) electrons. The van der Waals surface area contributed by atoms with Crippen LogP contribution >= 0.6 is 0 Å². The molecule has 0 spiro atoms. The molecule has 2 amide bonds. The fourth-order valence-electron chi connectivity index (χ4n) is 5.31. The van der Waals surface area contributed by atoms with Crippen LogP contribution in [0.1, 0.15) is 36.3 Å². The van der Waals surface area contributed by atoms with Crippen LogP contribution in [0.5, 0.6) is 0 Å². The van der Waals surface area contributed by atoms with Crippen molar-refractivity contribution in [2.24, 2.45) is 5.41 Å². The zero-order valence-electron chi connectivity index (χ0n) is 18.9. The van der Waals surface area contributed by atoms with E-state index in [4.69, 9.17) is 9.47 Å². The quantitative estimate of drug-likeness (QED) is 0.681. The van der Waals surface area contributed by atoms with Crippen molar-refractivity contribution in [3.63, 3.8) is 0 Å². The zero-order chi connectivity index (χ0) is 23.7. The van der Waals surface area contributed by atoms with E-state index in [9.17, 15) is 19.5 Å². The second-order valence-electron chi connectivity index (χ2n) is 9.21. The number of carbonyl (C=O) groups is 3. The molecule has 8 heteroatoms. The Balaban J connectivity index is 1.24. The van der Waals surface area contributed by atoms with Gasteiger partial charge in [-0.1, -0.05) is 48.5 Å². The van der Waals surface area contributed by atoms with Crippen LogP contribution in [0, 0.1) is 5.41 Å². The van der Waals surface area contributed by atoms with Crippen molar-refractivity contribution in [3.05, 3.63) is 59.7 Å². The van der Waals surface area contributed by atoms with Crippen molar-refractivity contribution in [3.8, 4) is 11.1 Å². The summed E-state index contributed by atoms with van der Waals surface area (Å²) in [4.78, 5) is 38.8. The summed E-state index contributed by atoms with van der Waals surface area (Å²) in [7, 11) is 0. The van der Waals surface area contributed by atoms with E-state index in [1.807, 2.05) is 24.3 Å². The van der Waals surface area contributed by atoms with Gasteiger partial charge in [-0.15, -0.1) is 0 Å². The highest BCUT2D eigenvalue weighted by Crippen LogP contribution is 2.44. The van der Waals surface area contributed by atoms with Crippen LogP contribution in [0.2, 0.25) is 0 Å². The predicted octanol–water partition coefficient (Wildman–Crippen LogP) is 3.01. The number of rotatable bonds is 6. The molecule has 3 aliphatic rings. The SMILES string of the molecule is O=C(NCC1(C(=O)N2CCC2C(=O)O)CCOCC1)OCC1c2ccccc2-c2ccccc21. The van der Waals surface area contributed by atoms with E-state index < -0.39 is 23.5 Å². The lowest BCUT2D eigenvalue weighted by Gasteiger charge is -2.45. The molecule has 34 heavy (non-hydrogen) atoms. The number of carboxylic acids is 1. The van der Waals surface area contributed by atoms with Crippen LogP contribution in [-0.2, 0) is 19.1 Å². The third kappa shape index (κ3) is 3.92.